The van der Waals surface area contributed by atoms with E-state index in [-0.39, 0.29) is 0 Å². The molecule has 3 heterocycles. The quantitative estimate of drug-likeness (QED) is 0.272. The SMILES string of the molecule is Cc1cc(-c2cc(-c3cccs3)nc(-c3cccs3)c2)c2c(C)ccc(C(C)C)cc1-2. The van der Waals surface area contributed by atoms with E-state index in [1.165, 1.54) is 48.7 Å². The molecule has 0 aliphatic heterocycles. The minimum atomic E-state index is 0.504. The Kier molecular flexibility index (Phi) is 5.25. The van der Waals surface area contributed by atoms with Gasteiger partial charge in [-0.05, 0) is 93.7 Å². The Labute approximate surface area is 192 Å². The minimum absolute atomic E-state index is 0.504. The summed E-state index contributed by atoms with van der Waals surface area (Å²) in [6.45, 7) is 8.99. The number of hydrogen-bond donors (Lipinski definition) is 0. The van der Waals surface area contributed by atoms with Crippen molar-refractivity contribution >= 4 is 22.7 Å². The normalized spacial score (nSPS) is 11.5. The van der Waals surface area contributed by atoms with Gasteiger partial charge in [0.15, 0.2) is 0 Å². The van der Waals surface area contributed by atoms with Crippen LogP contribution in [0.15, 0.2) is 71.4 Å². The molecule has 0 aromatic carbocycles. The van der Waals surface area contributed by atoms with Gasteiger partial charge in [0.1, 0.15) is 0 Å². The molecule has 0 radical (unpaired) electrons. The first kappa shape index (κ1) is 20.2. The highest BCUT2D eigenvalue weighted by Crippen LogP contribution is 2.43. The van der Waals surface area contributed by atoms with Crippen molar-refractivity contribution < 1.29 is 0 Å². The number of fused-ring (bicyclic) bond motifs is 1. The van der Waals surface area contributed by atoms with Gasteiger partial charge in [0.2, 0.25) is 0 Å². The maximum Gasteiger partial charge on any atom is 0.0815 e. The molecule has 3 heteroatoms. The molecule has 1 nitrogen and oxygen atoms in total. The van der Waals surface area contributed by atoms with Crippen LogP contribution in [0.25, 0.3) is 43.4 Å². The van der Waals surface area contributed by atoms with Crippen molar-refractivity contribution in [3.63, 3.8) is 0 Å². The second-order valence-corrected chi connectivity index (χ2v) is 10.3. The molecule has 0 bridgehead atoms. The summed E-state index contributed by atoms with van der Waals surface area (Å²) in [5, 5.41) is 4.24. The second kappa shape index (κ2) is 8.07. The lowest BCUT2D eigenvalue weighted by molar-refractivity contribution is 0.868. The third-order valence-electron chi connectivity index (χ3n) is 5.91. The lowest BCUT2D eigenvalue weighted by Gasteiger charge is -2.10. The number of aryl methyl sites for hydroxylation is 2. The third-order valence-corrected chi connectivity index (χ3v) is 7.69. The Balaban J connectivity index is 1.76. The molecular weight excluding hydrogens is 414 g/mol. The van der Waals surface area contributed by atoms with Crippen LogP contribution in [0.5, 0.6) is 0 Å². The van der Waals surface area contributed by atoms with E-state index in [1.807, 2.05) is 0 Å². The zero-order valence-electron chi connectivity index (χ0n) is 18.3. The van der Waals surface area contributed by atoms with Crippen LogP contribution in [0.2, 0.25) is 0 Å². The number of nitrogens with zero attached hydrogens (tertiary/aromatic N) is 1. The second-order valence-electron chi connectivity index (χ2n) is 8.43. The topological polar surface area (TPSA) is 12.9 Å². The number of rotatable bonds is 4. The lowest BCUT2D eigenvalue weighted by Crippen LogP contribution is -1.89. The Bertz CT molecular complexity index is 1260. The van der Waals surface area contributed by atoms with E-state index in [2.05, 4.69) is 99.1 Å². The van der Waals surface area contributed by atoms with Crippen LogP contribution in [0.3, 0.4) is 0 Å². The fourth-order valence-electron chi connectivity index (χ4n) is 4.21. The van der Waals surface area contributed by atoms with Gasteiger partial charge in [0.05, 0.1) is 21.1 Å². The van der Waals surface area contributed by atoms with Crippen LogP contribution in [0, 0.1) is 13.8 Å². The van der Waals surface area contributed by atoms with Gasteiger partial charge in [0, 0.05) is 0 Å². The molecule has 154 valence electrons. The summed E-state index contributed by atoms with van der Waals surface area (Å²) in [6.07, 6.45) is 0. The average molecular weight is 440 g/mol. The number of thiophene rings is 2. The van der Waals surface area contributed by atoms with Crippen LogP contribution in [0.1, 0.15) is 36.5 Å². The van der Waals surface area contributed by atoms with Gasteiger partial charge >= 0.3 is 0 Å². The Morgan fingerprint density at radius 3 is 1.90 bits per heavy atom. The summed E-state index contributed by atoms with van der Waals surface area (Å²) in [7, 11) is 0. The van der Waals surface area contributed by atoms with Crippen LogP contribution in [-0.2, 0) is 0 Å². The van der Waals surface area contributed by atoms with Gasteiger partial charge in [-0.3, -0.25) is 0 Å². The van der Waals surface area contributed by atoms with Gasteiger partial charge in [-0.25, -0.2) is 4.98 Å². The monoisotopic (exact) mass is 439 g/mol. The molecule has 5 rings (SSSR count). The molecule has 2 aliphatic carbocycles. The van der Waals surface area contributed by atoms with Crippen LogP contribution in [-0.4, -0.2) is 4.98 Å². The summed E-state index contributed by atoms with van der Waals surface area (Å²) in [5.41, 5.74) is 11.4. The zero-order valence-corrected chi connectivity index (χ0v) is 19.9. The van der Waals surface area contributed by atoms with E-state index in [0.717, 1.165) is 11.4 Å². The zero-order chi connectivity index (χ0) is 21.5. The number of pyridine rings is 1. The van der Waals surface area contributed by atoms with E-state index < -0.39 is 0 Å². The van der Waals surface area contributed by atoms with Crippen LogP contribution < -0.4 is 0 Å². The molecule has 0 saturated heterocycles. The molecule has 0 spiro atoms. The number of aromatic nitrogens is 1. The van der Waals surface area contributed by atoms with E-state index >= 15 is 0 Å². The highest BCUT2D eigenvalue weighted by Gasteiger charge is 2.19. The molecule has 31 heavy (non-hydrogen) atoms. The molecule has 0 unspecified atom stereocenters. The highest BCUT2D eigenvalue weighted by molar-refractivity contribution is 7.13. The van der Waals surface area contributed by atoms with Crippen molar-refractivity contribution in [2.24, 2.45) is 0 Å². The Morgan fingerprint density at radius 2 is 1.35 bits per heavy atom. The summed E-state index contributed by atoms with van der Waals surface area (Å²) in [6, 6.07) is 22.3. The summed E-state index contributed by atoms with van der Waals surface area (Å²) < 4.78 is 0. The summed E-state index contributed by atoms with van der Waals surface area (Å²) >= 11 is 3.48. The summed E-state index contributed by atoms with van der Waals surface area (Å²) in [4.78, 5) is 7.43. The highest BCUT2D eigenvalue weighted by atomic mass is 32.1. The van der Waals surface area contributed by atoms with Gasteiger partial charge in [-0.15, -0.1) is 22.7 Å². The van der Waals surface area contributed by atoms with E-state index in [4.69, 9.17) is 4.98 Å². The molecule has 0 fully saturated rings. The van der Waals surface area contributed by atoms with Gasteiger partial charge in [-0.1, -0.05) is 50.2 Å². The Morgan fingerprint density at radius 1 is 0.710 bits per heavy atom. The molecule has 3 aromatic heterocycles. The van der Waals surface area contributed by atoms with Crippen molar-refractivity contribution in [1.29, 1.82) is 0 Å². The van der Waals surface area contributed by atoms with Gasteiger partial charge in [-0.2, -0.15) is 0 Å². The lowest BCUT2D eigenvalue weighted by atomic mass is 9.97. The fraction of sp³-hybridized carbons (Fsp3) is 0.179. The fourth-order valence-corrected chi connectivity index (χ4v) is 5.59. The maximum absolute atomic E-state index is 5.02. The first-order valence-corrected chi connectivity index (χ1v) is 12.4. The van der Waals surface area contributed by atoms with Crippen LogP contribution >= 0.6 is 22.7 Å². The van der Waals surface area contributed by atoms with Crippen molar-refractivity contribution in [3.05, 3.63) is 88.1 Å². The van der Waals surface area contributed by atoms with Crippen molar-refractivity contribution in [2.75, 3.05) is 0 Å². The first-order valence-electron chi connectivity index (χ1n) is 10.7. The van der Waals surface area contributed by atoms with Crippen molar-refractivity contribution in [1.82, 2.24) is 4.98 Å². The molecular formula is C28H25NS2. The standard InChI is InChI=1S/C28H25NS2/c1-17(2)20-10-9-18(3)28-22(14-20)19(4)13-23(28)21-15-24(26-7-5-11-30-26)29-25(16-21)27-8-6-12-31-27/h5-17H,1-4H3. The molecule has 0 atom stereocenters. The largest absolute Gasteiger partial charge is 0.246 e. The van der Waals surface area contributed by atoms with E-state index in [1.54, 1.807) is 22.7 Å². The van der Waals surface area contributed by atoms with E-state index in [9.17, 15) is 0 Å². The Hall–Kier alpha value is -2.75. The smallest absolute Gasteiger partial charge is 0.0815 e. The molecule has 0 amide bonds. The van der Waals surface area contributed by atoms with Gasteiger partial charge in [0.25, 0.3) is 0 Å². The predicted molar refractivity (Wildman–Crippen MR) is 136 cm³/mol. The number of hydrogen-bond acceptors (Lipinski definition) is 3. The molecule has 0 N–H and O–H groups in total. The van der Waals surface area contributed by atoms with E-state index in [0.29, 0.717) is 5.92 Å². The van der Waals surface area contributed by atoms with Gasteiger partial charge < -0.3 is 0 Å². The van der Waals surface area contributed by atoms with Crippen molar-refractivity contribution in [2.45, 2.75) is 33.6 Å². The molecule has 3 aromatic rings. The molecule has 0 saturated carbocycles. The predicted octanol–water partition coefficient (Wildman–Crippen LogP) is 9.05. The van der Waals surface area contributed by atoms with Crippen molar-refractivity contribution in [3.8, 4) is 43.4 Å². The summed E-state index contributed by atoms with van der Waals surface area (Å²) in [5.74, 6) is 0.504. The maximum atomic E-state index is 5.02. The average Bonchev–Trinajstić information content (AvgIpc) is 3.50. The first-order chi connectivity index (χ1) is 15.0. The van der Waals surface area contributed by atoms with Crippen LogP contribution in [0.4, 0.5) is 0 Å². The minimum Gasteiger partial charge on any atom is -0.246 e. The third kappa shape index (κ3) is 3.73. The molecule has 2 aliphatic rings.